The highest BCUT2D eigenvalue weighted by Crippen LogP contribution is 2.31. The van der Waals surface area contributed by atoms with E-state index < -0.39 is 5.41 Å². The number of nitrogens with zero attached hydrogens (tertiary/aromatic N) is 1. The summed E-state index contributed by atoms with van der Waals surface area (Å²) in [6.07, 6.45) is 1.27. The smallest absolute Gasteiger partial charge is 0.321 e. The van der Waals surface area contributed by atoms with Gasteiger partial charge in [0.1, 0.15) is 5.75 Å². The predicted octanol–water partition coefficient (Wildman–Crippen LogP) is 3.95. The van der Waals surface area contributed by atoms with Gasteiger partial charge in [-0.15, -0.1) is 0 Å². The first-order valence-electron chi connectivity index (χ1n) is 9.93. The minimum absolute atomic E-state index is 0.0269. The molecule has 2 aromatic rings. The molecule has 0 aromatic heterocycles. The van der Waals surface area contributed by atoms with E-state index in [4.69, 9.17) is 4.74 Å². The number of piperidine rings is 1. The number of likely N-dealkylation sites (tertiary alicyclic amines) is 1. The van der Waals surface area contributed by atoms with E-state index >= 15 is 0 Å². The zero-order valence-electron chi connectivity index (χ0n) is 17.3. The maximum absolute atomic E-state index is 12.8. The minimum Gasteiger partial charge on any atom is -0.497 e. The highest BCUT2D eigenvalue weighted by atomic mass is 16.5. The van der Waals surface area contributed by atoms with Crippen molar-refractivity contribution in [3.63, 3.8) is 0 Å². The summed E-state index contributed by atoms with van der Waals surface area (Å²) in [4.78, 5) is 27.1. The second-order valence-electron chi connectivity index (χ2n) is 7.88. The van der Waals surface area contributed by atoms with Crippen molar-refractivity contribution in [1.29, 1.82) is 0 Å². The summed E-state index contributed by atoms with van der Waals surface area (Å²) in [5.74, 6) is 0.801. The van der Waals surface area contributed by atoms with Gasteiger partial charge in [0.05, 0.1) is 7.11 Å². The van der Waals surface area contributed by atoms with Gasteiger partial charge in [-0.05, 0) is 55.2 Å². The van der Waals surface area contributed by atoms with Crippen molar-refractivity contribution in [2.75, 3.05) is 25.5 Å². The predicted molar refractivity (Wildman–Crippen MR) is 114 cm³/mol. The summed E-state index contributed by atoms with van der Waals surface area (Å²) in [5.41, 5.74) is 2.41. The molecule has 1 aliphatic heterocycles. The van der Waals surface area contributed by atoms with Crippen LogP contribution in [-0.4, -0.2) is 37.0 Å². The first-order chi connectivity index (χ1) is 13.9. The lowest BCUT2D eigenvalue weighted by atomic mass is 9.79. The molecule has 3 rings (SSSR count). The number of hydrogen-bond acceptors (Lipinski definition) is 3. The molecule has 2 N–H and O–H groups in total. The van der Waals surface area contributed by atoms with Gasteiger partial charge in [0, 0.05) is 30.7 Å². The van der Waals surface area contributed by atoms with Crippen LogP contribution in [0.5, 0.6) is 5.75 Å². The van der Waals surface area contributed by atoms with Crippen LogP contribution >= 0.6 is 0 Å². The third-order valence-corrected chi connectivity index (χ3v) is 5.56. The molecule has 0 atom stereocenters. The van der Waals surface area contributed by atoms with Gasteiger partial charge >= 0.3 is 6.03 Å². The fourth-order valence-corrected chi connectivity index (χ4v) is 3.53. The zero-order chi connectivity index (χ0) is 20.9. The fraction of sp³-hybridized carbons (Fsp3) is 0.391. The number of carbonyl (C=O) groups excluding carboxylic acids is 2. The standard InChI is InChI=1S/C23H29N3O3/c1-17-6-4-8-19(14-17)25-22(28)26-12-10-23(2,11-13-26)21(27)24-16-18-7-5-9-20(15-18)29-3/h4-9,14-15H,10-13,16H2,1-3H3,(H,24,27)(H,25,28). The van der Waals surface area contributed by atoms with Crippen LogP contribution < -0.4 is 15.4 Å². The third kappa shape index (κ3) is 5.28. The summed E-state index contributed by atoms with van der Waals surface area (Å²) in [6, 6.07) is 15.3. The van der Waals surface area contributed by atoms with E-state index in [0.29, 0.717) is 32.5 Å². The Morgan fingerprint density at radius 2 is 1.83 bits per heavy atom. The Balaban J connectivity index is 1.51. The van der Waals surface area contributed by atoms with Crippen molar-refractivity contribution < 1.29 is 14.3 Å². The van der Waals surface area contributed by atoms with Gasteiger partial charge in [0.15, 0.2) is 0 Å². The molecule has 6 nitrogen and oxygen atoms in total. The molecule has 1 fully saturated rings. The van der Waals surface area contributed by atoms with Crippen LogP contribution in [0.4, 0.5) is 10.5 Å². The summed E-state index contributed by atoms with van der Waals surface area (Å²) >= 11 is 0. The molecular formula is C23H29N3O3. The number of anilines is 1. The van der Waals surface area contributed by atoms with Gasteiger partial charge in [0.25, 0.3) is 0 Å². The van der Waals surface area contributed by atoms with Crippen molar-refractivity contribution in [2.24, 2.45) is 5.41 Å². The van der Waals surface area contributed by atoms with E-state index in [0.717, 1.165) is 22.6 Å². The van der Waals surface area contributed by atoms with Crippen LogP contribution in [0.1, 0.15) is 30.9 Å². The monoisotopic (exact) mass is 395 g/mol. The van der Waals surface area contributed by atoms with Gasteiger partial charge in [-0.25, -0.2) is 4.79 Å². The van der Waals surface area contributed by atoms with Crippen LogP contribution in [0, 0.1) is 12.3 Å². The van der Waals surface area contributed by atoms with Crippen LogP contribution in [0.25, 0.3) is 0 Å². The first-order valence-corrected chi connectivity index (χ1v) is 9.93. The SMILES string of the molecule is COc1cccc(CNC(=O)C2(C)CCN(C(=O)Nc3cccc(C)c3)CC2)c1. The Kier molecular flexibility index (Phi) is 6.42. The first kappa shape index (κ1) is 20.7. The number of amides is 3. The lowest BCUT2D eigenvalue weighted by Gasteiger charge is -2.38. The van der Waals surface area contributed by atoms with Crippen molar-refractivity contribution in [3.05, 3.63) is 59.7 Å². The summed E-state index contributed by atoms with van der Waals surface area (Å²) in [6.45, 7) is 5.54. The van der Waals surface area contributed by atoms with E-state index in [1.807, 2.05) is 62.4 Å². The third-order valence-electron chi connectivity index (χ3n) is 5.56. The molecule has 29 heavy (non-hydrogen) atoms. The molecule has 1 saturated heterocycles. The second kappa shape index (κ2) is 8.99. The Morgan fingerprint density at radius 3 is 2.52 bits per heavy atom. The number of ether oxygens (including phenoxy) is 1. The molecule has 6 heteroatoms. The van der Waals surface area contributed by atoms with Gasteiger partial charge in [-0.2, -0.15) is 0 Å². The van der Waals surface area contributed by atoms with E-state index in [-0.39, 0.29) is 11.9 Å². The molecule has 1 aliphatic rings. The van der Waals surface area contributed by atoms with Crippen molar-refractivity contribution in [1.82, 2.24) is 10.2 Å². The van der Waals surface area contributed by atoms with Crippen molar-refractivity contribution >= 4 is 17.6 Å². The van der Waals surface area contributed by atoms with Gasteiger partial charge < -0.3 is 20.3 Å². The molecule has 0 aliphatic carbocycles. The highest BCUT2D eigenvalue weighted by Gasteiger charge is 2.37. The zero-order valence-corrected chi connectivity index (χ0v) is 17.3. The summed E-state index contributed by atoms with van der Waals surface area (Å²) in [7, 11) is 1.63. The number of nitrogens with one attached hydrogen (secondary N) is 2. The van der Waals surface area contributed by atoms with Crippen LogP contribution in [-0.2, 0) is 11.3 Å². The quantitative estimate of drug-likeness (QED) is 0.805. The Bertz CT molecular complexity index is 873. The average molecular weight is 396 g/mol. The van der Waals surface area contributed by atoms with Crippen LogP contribution in [0.3, 0.4) is 0 Å². The van der Waals surface area contributed by atoms with Gasteiger partial charge in [-0.1, -0.05) is 31.2 Å². The number of aryl methyl sites for hydroxylation is 1. The molecule has 0 spiro atoms. The molecule has 0 radical (unpaired) electrons. The summed E-state index contributed by atoms with van der Waals surface area (Å²) < 4.78 is 5.22. The van der Waals surface area contributed by atoms with Gasteiger partial charge in [0.2, 0.25) is 5.91 Å². The summed E-state index contributed by atoms with van der Waals surface area (Å²) in [5, 5.41) is 5.98. The normalized spacial score (nSPS) is 15.5. The van der Waals surface area contributed by atoms with E-state index in [9.17, 15) is 9.59 Å². The van der Waals surface area contributed by atoms with Crippen LogP contribution in [0.15, 0.2) is 48.5 Å². The fourth-order valence-electron chi connectivity index (χ4n) is 3.53. The van der Waals surface area contributed by atoms with Crippen molar-refractivity contribution in [3.8, 4) is 5.75 Å². The largest absolute Gasteiger partial charge is 0.497 e. The molecule has 154 valence electrons. The highest BCUT2D eigenvalue weighted by molar-refractivity contribution is 5.90. The number of rotatable bonds is 5. The number of carbonyl (C=O) groups is 2. The lowest BCUT2D eigenvalue weighted by molar-refractivity contribution is -0.132. The number of hydrogen-bond donors (Lipinski definition) is 2. The number of urea groups is 1. The Hall–Kier alpha value is -3.02. The molecule has 0 bridgehead atoms. The molecule has 3 amide bonds. The number of methoxy groups -OCH3 is 1. The molecular weight excluding hydrogens is 366 g/mol. The maximum Gasteiger partial charge on any atom is 0.321 e. The van der Waals surface area contributed by atoms with E-state index in [2.05, 4.69) is 10.6 Å². The van der Waals surface area contributed by atoms with E-state index in [1.54, 1.807) is 12.0 Å². The van der Waals surface area contributed by atoms with E-state index in [1.165, 1.54) is 0 Å². The lowest BCUT2D eigenvalue weighted by Crippen LogP contribution is -2.49. The maximum atomic E-state index is 12.8. The minimum atomic E-state index is -0.473. The average Bonchev–Trinajstić information content (AvgIpc) is 2.72. The molecule has 1 heterocycles. The topological polar surface area (TPSA) is 70.7 Å². The second-order valence-corrected chi connectivity index (χ2v) is 7.88. The Labute approximate surface area is 172 Å². The number of benzene rings is 2. The molecule has 0 saturated carbocycles. The molecule has 2 aromatic carbocycles. The van der Waals surface area contributed by atoms with Crippen LogP contribution in [0.2, 0.25) is 0 Å². The Morgan fingerprint density at radius 1 is 1.10 bits per heavy atom. The van der Waals surface area contributed by atoms with Gasteiger partial charge in [-0.3, -0.25) is 4.79 Å². The van der Waals surface area contributed by atoms with Crippen molar-refractivity contribution in [2.45, 2.75) is 33.2 Å². The molecule has 0 unspecified atom stereocenters.